The van der Waals surface area contributed by atoms with E-state index in [2.05, 4.69) is 27.0 Å². The minimum absolute atomic E-state index is 0.0859. The lowest BCUT2D eigenvalue weighted by molar-refractivity contribution is -0.141. The first kappa shape index (κ1) is 13.9. The predicted molar refractivity (Wildman–Crippen MR) is 76.4 cm³/mol. The molecule has 1 aliphatic carbocycles. The van der Waals surface area contributed by atoms with E-state index in [1.807, 2.05) is 18.0 Å². The molecule has 5 heteroatoms. The van der Waals surface area contributed by atoms with E-state index in [9.17, 15) is 4.79 Å². The molecule has 0 saturated heterocycles. The van der Waals surface area contributed by atoms with Crippen molar-refractivity contribution in [2.24, 2.45) is 5.41 Å². The summed E-state index contributed by atoms with van der Waals surface area (Å²) in [6.07, 6.45) is 6.52. The molecule has 18 heavy (non-hydrogen) atoms. The Morgan fingerprint density at radius 2 is 2.33 bits per heavy atom. The number of nitrogens with zero attached hydrogens (tertiary/aromatic N) is 1. The Kier molecular flexibility index (Phi) is 4.67. The number of carbonyl (C=O) groups excluding carboxylic acids is 1. The molecule has 0 amide bonds. The van der Waals surface area contributed by atoms with Crippen molar-refractivity contribution in [3.05, 3.63) is 28.5 Å². The van der Waals surface area contributed by atoms with Crippen LogP contribution in [0.25, 0.3) is 0 Å². The Hall–Kier alpha value is -0.550. The third kappa shape index (κ3) is 3.99. The number of halogens is 1. The van der Waals surface area contributed by atoms with Gasteiger partial charge in [0.1, 0.15) is 0 Å². The summed E-state index contributed by atoms with van der Waals surface area (Å²) in [5, 5.41) is 0. The highest BCUT2D eigenvalue weighted by Gasteiger charge is 2.44. The highest BCUT2D eigenvalue weighted by molar-refractivity contribution is 9.10. The van der Waals surface area contributed by atoms with Gasteiger partial charge < -0.3 is 4.74 Å². The fourth-order valence-electron chi connectivity index (χ4n) is 1.85. The van der Waals surface area contributed by atoms with Crippen molar-refractivity contribution in [3.8, 4) is 0 Å². The third-order valence-corrected chi connectivity index (χ3v) is 4.93. The van der Waals surface area contributed by atoms with Gasteiger partial charge in [0.15, 0.2) is 0 Å². The second-order valence-corrected chi connectivity index (χ2v) is 6.66. The SMILES string of the molecule is COC(=O)CC1(CSCc2cncc(Br)c2)CC1. The van der Waals surface area contributed by atoms with Gasteiger partial charge in [-0.05, 0) is 51.6 Å². The number of carbonyl (C=O) groups is 1. The maximum absolute atomic E-state index is 11.3. The topological polar surface area (TPSA) is 39.2 Å². The van der Waals surface area contributed by atoms with Crippen molar-refractivity contribution < 1.29 is 9.53 Å². The van der Waals surface area contributed by atoms with Crippen LogP contribution in [0.4, 0.5) is 0 Å². The highest BCUT2D eigenvalue weighted by Crippen LogP contribution is 2.51. The Bertz CT molecular complexity index is 435. The Balaban J connectivity index is 1.77. The number of rotatable bonds is 6. The molecule has 1 fully saturated rings. The summed E-state index contributed by atoms with van der Waals surface area (Å²) in [5.41, 5.74) is 1.42. The Morgan fingerprint density at radius 1 is 1.56 bits per heavy atom. The van der Waals surface area contributed by atoms with Crippen LogP contribution in [-0.4, -0.2) is 23.8 Å². The number of aromatic nitrogens is 1. The van der Waals surface area contributed by atoms with Crippen LogP contribution >= 0.6 is 27.7 Å². The monoisotopic (exact) mass is 329 g/mol. The summed E-state index contributed by atoms with van der Waals surface area (Å²) in [7, 11) is 1.46. The summed E-state index contributed by atoms with van der Waals surface area (Å²) in [6.45, 7) is 0. The van der Waals surface area contributed by atoms with Crippen molar-refractivity contribution in [1.29, 1.82) is 0 Å². The van der Waals surface area contributed by atoms with Crippen LogP contribution in [0.1, 0.15) is 24.8 Å². The van der Waals surface area contributed by atoms with E-state index in [0.717, 1.165) is 28.8 Å². The van der Waals surface area contributed by atoms with E-state index in [-0.39, 0.29) is 11.4 Å². The molecule has 1 aromatic rings. The minimum Gasteiger partial charge on any atom is -0.469 e. The van der Waals surface area contributed by atoms with Crippen molar-refractivity contribution >= 4 is 33.7 Å². The van der Waals surface area contributed by atoms with Gasteiger partial charge in [-0.15, -0.1) is 0 Å². The second kappa shape index (κ2) is 6.06. The lowest BCUT2D eigenvalue weighted by Gasteiger charge is -2.12. The van der Waals surface area contributed by atoms with Crippen molar-refractivity contribution in [2.75, 3.05) is 12.9 Å². The maximum atomic E-state index is 11.3. The first-order valence-electron chi connectivity index (χ1n) is 5.88. The maximum Gasteiger partial charge on any atom is 0.306 e. The van der Waals surface area contributed by atoms with Gasteiger partial charge in [-0.2, -0.15) is 11.8 Å². The fourth-order valence-corrected chi connectivity index (χ4v) is 3.58. The minimum atomic E-state index is -0.0859. The Labute approximate surface area is 120 Å². The van der Waals surface area contributed by atoms with E-state index < -0.39 is 0 Å². The molecule has 0 N–H and O–H groups in total. The zero-order chi connectivity index (χ0) is 13.0. The first-order chi connectivity index (χ1) is 8.63. The van der Waals surface area contributed by atoms with Gasteiger partial charge in [0.05, 0.1) is 13.5 Å². The standard InChI is InChI=1S/C13H16BrNO2S/c1-17-12(16)5-13(2-3-13)9-18-8-10-4-11(14)7-15-6-10/h4,6-7H,2-3,5,8-9H2,1H3. The molecule has 1 saturated carbocycles. The molecule has 0 unspecified atom stereocenters. The molecule has 1 heterocycles. The van der Waals surface area contributed by atoms with Crippen LogP contribution in [-0.2, 0) is 15.3 Å². The van der Waals surface area contributed by atoms with E-state index in [0.29, 0.717) is 6.42 Å². The van der Waals surface area contributed by atoms with Crippen LogP contribution in [0.2, 0.25) is 0 Å². The van der Waals surface area contributed by atoms with Gasteiger partial charge in [-0.25, -0.2) is 0 Å². The van der Waals surface area contributed by atoms with Crippen molar-refractivity contribution in [3.63, 3.8) is 0 Å². The van der Waals surface area contributed by atoms with Gasteiger partial charge in [-0.3, -0.25) is 9.78 Å². The van der Waals surface area contributed by atoms with Crippen LogP contribution in [0.3, 0.4) is 0 Å². The van der Waals surface area contributed by atoms with Crippen LogP contribution < -0.4 is 0 Å². The molecule has 0 aliphatic heterocycles. The summed E-state index contributed by atoms with van der Waals surface area (Å²) >= 11 is 5.28. The molecular formula is C13H16BrNO2S. The lowest BCUT2D eigenvalue weighted by Crippen LogP contribution is -2.13. The number of pyridine rings is 1. The molecule has 0 atom stereocenters. The predicted octanol–water partition coefficient (Wildman–Crippen LogP) is 3.42. The molecule has 3 nitrogen and oxygen atoms in total. The molecule has 1 aromatic heterocycles. The number of thioether (sulfide) groups is 1. The molecular weight excluding hydrogens is 314 g/mol. The van der Waals surface area contributed by atoms with Gasteiger partial charge in [0.2, 0.25) is 0 Å². The normalized spacial score (nSPS) is 16.3. The number of hydrogen-bond acceptors (Lipinski definition) is 4. The van der Waals surface area contributed by atoms with Crippen molar-refractivity contribution in [2.45, 2.75) is 25.0 Å². The number of hydrogen-bond donors (Lipinski definition) is 0. The van der Waals surface area contributed by atoms with E-state index in [4.69, 9.17) is 4.74 Å². The first-order valence-corrected chi connectivity index (χ1v) is 7.82. The second-order valence-electron chi connectivity index (χ2n) is 4.76. The van der Waals surface area contributed by atoms with Gasteiger partial charge in [0, 0.05) is 22.6 Å². The average Bonchev–Trinajstić information content (AvgIpc) is 3.09. The smallest absolute Gasteiger partial charge is 0.306 e. The lowest BCUT2D eigenvalue weighted by atomic mass is 10.1. The largest absolute Gasteiger partial charge is 0.469 e. The molecule has 98 valence electrons. The fraction of sp³-hybridized carbons (Fsp3) is 0.538. The Morgan fingerprint density at radius 3 is 2.94 bits per heavy atom. The molecule has 0 aromatic carbocycles. The zero-order valence-corrected chi connectivity index (χ0v) is 12.7. The third-order valence-electron chi connectivity index (χ3n) is 3.14. The summed E-state index contributed by atoms with van der Waals surface area (Å²) in [5.74, 6) is 1.88. The number of esters is 1. The van der Waals surface area contributed by atoms with Crippen LogP contribution in [0.5, 0.6) is 0 Å². The number of ether oxygens (including phenoxy) is 1. The van der Waals surface area contributed by atoms with Gasteiger partial charge in [0.25, 0.3) is 0 Å². The molecule has 0 radical (unpaired) electrons. The molecule has 2 rings (SSSR count). The quantitative estimate of drug-likeness (QED) is 0.749. The number of methoxy groups -OCH3 is 1. The van der Waals surface area contributed by atoms with Gasteiger partial charge >= 0.3 is 5.97 Å². The van der Waals surface area contributed by atoms with E-state index >= 15 is 0 Å². The summed E-state index contributed by atoms with van der Waals surface area (Å²) in [4.78, 5) is 15.4. The van der Waals surface area contributed by atoms with E-state index in [1.165, 1.54) is 12.7 Å². The highest BCUT2D eigenvalue weighted by atomic mass is 79.9. The van der Waals surface area contributed by atoms with Gasteiger partial charge in [-0.1, -0.05) is 0 Å². The van der Waals surface area contributed by atoms with E-state index in [1.54, 1.807) is 6.20 Å². The summed E-state index contributed by atoms with van der Waals surface area (Å²) in [6, 6.07) is 2.08. The molecule has 0 spiro atoms. The molecule has 1 aliphatic rings. The molecule has 0 bridgehead atoms. The summed E-state index contributed by atoms with van der Waals surface area (Å²) < 4.78 is 5.75. The van der Waals surface area contributed by atoms with Crippen LogP contribution in [0, 0.1) is 5.41 Å². The zero-order valence-electron chi connectivity index (χ0n) is 10.3. The average molecular weight is 330 g/mol. The van der Waals surface area contributed by atoms with Crippen LogP contribution in [0.15, 0.2) is 22.9 Å². The van der Waals surface area contributed by atoms with Crippen molar-refractivity contribution in [1.82, 2.24) is 4.98 Å².